The zero-order chi connectivity index (χ0) is 17.5. The second-order valence-corrected chi connectivity index (χ2v) is 6.83. The first-order valence-corrected chi connectivity index (χ1v) is 9.07. The van der Waals surface area contributed by atoms with Gasteiger partial charge in [-0.15, -0.1) is 11.8 Å². The molecule has 130 valence electrons. The Balaban J connectivity index is 1.83. The lowest BCUT2D eigenvalue weighted by Gasteiger charge is -2.15. The van der Waals surface area contributed by atoms with E-state index in [2.05, 4.69) is 5.73 Å². The van der Waals surface area contributed by atoms with E-state index in [0.29, 0.717) is 25.3 Å². The van der Waals surface area contributed by atoms with Crippen molar-refractivity contribution in [1.29, 1.82) is 0 Å². The van der Waals surface area contributed by atoms with Gasteiger partial charge in [0.15, 0.2) is 6.04 Å². The molecule has 1 saturated heterocycles. The molecule has 2 amide bonds. The number of carbonyl (C=O) groups is 3. The van der Waals surface area contributed by atoms with E-state index in [4.69, 9.17) is 4.74 Å². The number of rotatable bonds is 8. The van der Waals surface area contributed by atoms with Crippen LogP contribution in [0.4, 0.5) is 0 Å². The molecule has 0 radical (unpaired) electrons. The lowest BCUT2D eigenvalue weighted by atomic mass is 10.1. The molecular formula is C17H23N2O4S+. The molecule has 1 aromatic carbocycles. The topological polar surface area (TPSA) is 91.3 Å². The van der Waals surface area contributed by atoms with Gasteiger partial charge < -0.3 is 10.5 Å². The number of hydrogen-bond donors (Lipinski definition) is 1. The van der Waals surface area contributed by atoms with E-state index >= 15 is 0 Å². The fraction of sp³-hybridized carbons (Fsp3) is 0.471. The highest BCUT2D eigenvalue weighted by atomic mass is 32.2. The minimum Gasteiger partial charge on any atom is -0.462 e. The van der Waals surface area contributed by atoms with E-state index < -0.39 is 11.3 Å². The predicted octanol–water partition coefficient (Wildman–Crippen LogP) is 0.263. The maximum absolute atomic E-state index is 12.4. The fourth-order valence-corrected chi connectivity index (χ4v) is 3.59. The van der Waals surface area contributed by atoms with Crippen molar-refractivity contribution in [3.63, 3.8) is 0 Å². The smallest absolute Gasteiger partial charge is 0.365 e. The summed E-state index contributed by atoms with van der Waals surface area (Å²) in [5.41, 5.74) is 4.84. The summed E-state index contributed by atoms with van der Waals surface area (Å²) < 4.78 is 4.90. The monoisotopic (exact) mass is 351 g/mol. The number of nitrogens with zero attached hydrogens (tertiary/aromatic N) is 1. The standard InChI is InChI=1S/C17H22N2O4S/c1-2-23-17(22)13(18)11-24-14-10-15(20)19(16(14)21)9-8-12-6-4-3-5-7-12/h3-7,13-14H,2,8-11,18H2,1H3/p+1/t13-,14+/m1/s1. The van der Waals surface area contributed by atoms with Crippen LogP contribution in [0.15, 0.2) is 30.3 Å². The SMILES string of the molecule is CCOC(=O)[C@H]([NH3+])CS[C@H]1CC(=O)N(CCc2ccccc2)C1=O. The summed E-state index contributed by atoms with van der Waals surface area (Å²) >= 11 is 1.31. The number of benzene rings is 1. The van der Waals surface area contributed by atoms with Gasteiger partial charge in [-0.25, -0.2) is 4.79 Å². The average molecular weight is 351 g/mol. The number of thioether (sulfide) groups is 1. The Bertz CT molecular complexity index is 594. The molecule has 0 aliphatic carbocycles. The molecular weight excluding hydrogens is 328 g/mol. The van der Waals surface area contributed by atoms with Gasteiger partial charge in [-0.1, -0.05) is 30.3 Å². The largest absolute Gasteiger partial charge is 0.462 e. The van der Waals surface area contributed by atoms with E-state index in [1.54, 1.807) is 6.92 Å². The molecule has 0 aromatic heterocycles. The first kappa shape index (κ1) is 18.5. The Morgan fingerprint density at radius 1 is 1.38 bits per heavy atom. The molecule has 0 unspecified atom stereocenters. The number of hydrogen-bond acceptors (Lipinski definition) is 5. The van der Waals surface area contributed by atoms with Crippen molar-refractivity contribution in [2.75, 3.05) is 18.9 Å². The molecule has 0 saturated carbocycles. The van der Waals surface area contributed by atoms with Crippen LogP contribution in [0.3, 0.4) is 0 Å². The van der Waals surface area contributed by atoms with Gasteiger partial charge in [-0.3, -0.25) is 14.5 Å². The van der Waals surface area contributed by atoms with Crippen molar-refractivity contribution >= 4 is 29.5 Å². The van der Waals surface area contributed by atoms with E-state index in [-0.39, 0.29) is 24.2 Å². The van der Waals surface area contributed by atoms with Crippen molar-refractivity contribution in [3.8, 4) is 0 Å². The van der Waals surface area contributed by atoms with Crippen LogP contribution in [0.5, 0.6) is 0 Å². The molecule has 1 heterocycles. The zero-order valence-corrected chi connectivity index (χ0v) is 14.6. The molecule has 1 fully saturated rings. The van der Waals surface area contributed by atoms with E-state index in [1.165, 1.54) is 16.7 Å². The quantitative estimate of drug-likeness (QED) is 0.536. The minimum absolute atomic E-state index is 0.148. The maximum Gasteiger partial charge on any atom is 0.365 e. The highest BCUT2D eigenvalue weighted by Gasteiger charge is 2.39. The number of likely N-dealkylation sites (tertiary alicyclic amines) is 1. The third kappa shape index (κ3) is 4.82. The Morgan fingerprint density at radius 3 is 2.75 bits per heavy atom. The number of quaternary nitrogens is 1. The van der Waals surface area contributed by atoms with Crippen molar-refractivity contribution in [2.45, 2.75) is 31.1 Å². The summed E-state index contributed by atoms with van der Waals surface area (Å²) in [6.45, 7) is 2.44. The average Bonchev–Trinajstić information content (AvgIpc) is 2.85. The van der Waals surface area contributed by atoms with E-state index in [0.717, 1.165) is 5.56 Å². The molecule has 0 spiro atoms. The normalized spacial score (nSPS) is 18.8. The molecule has 3 N–H and O–H groups in total. The highest BCUT2D eigenvalue weighted by molar-refractivity contribution is 8.00. The zero-order valence-electron chi connectivity index (χ0n) is 13.8. The van der Waals surface area contributed by atoms with Gasteiger partial charge >= 0.3 is 5.97 Å². The van der Waals surface area contributed by atoms with Crippen LogP contribution in [0.1, 0.15) is 18.9 Å². The fourth-order valence-electron chi connectivity index (χ4n) is 2.46. The summed E-state index contributed by atoms with van der Waals surface area (Å²) in [7, 11) is 0. The van der Waals surface area contributed by atoms with Crippen LogP contribution < -0.4 is 5.73 Å². The Morgan fingerprint density at radius 2 is 2.08 bits per heavy atom. The van der Waals surface area contributed by atoms with Crippen LogP contribution >= 0.6 is 11.8 Å². The third-order valence-corrected chi connectivity index (χ3v) is 5.15. The molecule has 0 bridgehead atoms. The molecule has 24 heavy (non-hydrogen) atoms. The van der Waals surface area contributed by atoms with Crippen LogP contribution in [0, 0.1) is 0 Å². The molecule has 6 nitrogen and oxygen atoms in total. The van der Waals surface area contributed by atoms with Crippen molar-refractivity contribution < 1.29 is 24.9 Å². The lowest BCUT2D eigenvalue weighted by molar-refractivity contribution is -0.401. The van der Waals surface area contributed by atoms with Crippen LogP contribution in [0.2, 0.25) is 0 Å². The summed E-state index contributed by atoms with van der Waals surface area (Å²) in [6.07, 6.45) is 0.838. The molecule has 2 atom stereocenters. The number of amides is 2. The molecule has 2 rings (SSSR count). The second kappa shape index (κ2) is 8.84. The Hall–Kier alpha value is -1.86. The Labute approximate surface area is 145 Å². The number of carbonyl (C=O) groups excluding carboxylic acids is 3. The molecule has 7 heteroatoms. The number of ether oxygens (including phenoxy) is 1. The van der Waals surface area contributed by atoms with Gasteiger partial charge in [0.25, 0.3) is 0 Å². The number of esters is 1. The third-order valence-electron chi connectivity index (χ3n) is 3.79. The predicted molar refractivity (Wildman–Crippen MR) is 91.0 cm³/mol. The van der Waals surface area contributed by atoms with Gasteiger partial charge in [0, 0.05) is 13.0 Å². The minimum atomic E-state index is -0.531. The molecule has 1 aliphatic heterocycles. The summed E-state index contributed by atoms with van der Waals surface area (Å²) in [5, 5.41) is -0.424. The van der Waals surface area contributed by atoms with Gasteiger partial charge in [0.1, 0.15) is 0 Å². The van der Waals surface area contributed by atoms with Gasteiger partial charge in [-0.2, -0.15) is 0 Å². The van der Waals surface area contributed by atoms with E-state index in [9.17, 15) is 14.4 Å². The van der Waals surface area contributed by atoms with Crippen LogP contribution in [-0.4, -0.2) is 52.9 Å². The maximum atomic E-state index is 12.4. The first-order chi connectivity index (χ1) is 11.5. The lowest BCUT2D eigenvalue weighted by Crippen LogP contribution is -2.66. The summed E-state index contributed by atoms with van der Waals surface area (Å²) in [5.74, 6) is -0.320. The van der Waals surface area contributed by atoms with Crippen molar-refractivity contribution in [1.82, 2.24) is 4.90 Å². The first-order valence-electron chi connectivity index (χ1n) is 8.02. The van der Waals surface area contributed by atoms with Gasteiger partial charge in [0.2, 0.25) is 11.8 Å². The highest BCUT2D eigenvalue weighted by Crippen LogP contribution is 2.25. The van der Waals surface area contributed by atoms with Crippen molar-refractivity contribution in [2.24, 2.45) is 0 Å². The number of imide groups is 1. The molecule has 1 aliphatic rings. The summed E-state index contributed by atoms with van der Waals surface area (Å²) in [6, 6.07) is 9.22. The van der Waals surface area contributed by atoms with Gasteiger partial charge in [-0.05, 0) is 18.9 Å². The van der Waals surface area contributed by atoms with Crippen LogP contribution in [-0.2, 0) is 25.5 Å². The summed E-state index contributed by atoms with van der Waals surface area (Å²) in [4.78, 5) is 37.4. The van der Waals surface area contributed by atoms with Gasteiger partial charge in [0.05, 0.1) is 17.6 Å². The van der Waals surface area contributed by atoms with E-state index in [1.807, 2.05) is 30.3 Å². The van der Waals surface area contributed by atoms with Crippen LogP contribution in [0.25, 0.3) is 0 Å². The van der Waals surface area contributed by atoms with Crippen molar-refractivity contribution in [3.05, 3.63) is 35.9 Å². The molecule has 1 aromatic rings. The Kier molecular flexibility index (Phi) is 6.81. The second-order valence-electron chi connectivity index (χ2n) is 5.59.